The van der Waals surface area contributed by atoms with Crippen LogP contribution in [0.2, 0.25) is 5.02 Å². The van der Waals surface area contributed by atoms with Crippen LogP contribution >= 0.6 is 11.6 Å². The second kappa shape index (κ2) is 6.08. The van der Waals surface area contributed by atoms with Crippen LogP contribution in [0.4, 0.5) is 0 Å². The molecule has 1 fully saturated rings. The normalized spacial score (nSPS) is 22.0. The van der Waals surface area contributed by atoms with Crippen LogP contribution < -0.4 is 4.74 Å². The monoisotopic (exact) mass is 317 g/mol. The molecule has 1 aliphatic heterocycles. The Labute approximate surface area is 133 Å². The molecule has 0 aromatic heterocycles. The number of rotatable bonds is 3. The molecule has 0 bridgehead atoms. The second-order valence-electron chi connectivity index (χ2n) is 5.37. The van der Waals surface area contributed by atoms with Crippen LogP contribution in [0.15, 0.2) is 48.5 Å². The molecule has 0 spiro atoms. The number of likely N-dealkylation sites (N-methyl/N-ethyl adjacent to an activating group) is 1. The van der Waals surface area contributed by atoms with Crippen molar-refractivity contribution in [3.8, 4) is 11.5 Å². The van der Waals surface area contributed by atoms with Crippen molar-refractivity contribution in [2.75, 3.05) is 13.6 Å². The quantitative estimate of drug-likeness (QED) is 0.945. The van der Waals surface area contributed by atoms with Gasteiger partial charge in [-0.3, -0.25) is 9.69 Å². The standard InChI is InChI=1S/C17H16ClNO3/c1-19-10-14(20)16(17(19)21)13-9-11(18)7-8-15(13)22-12-5-3-2-4-6-12/h2-9,16-17,21H,10H2,1H3. The number of halogens is 1. The molecule has 2 atom stereocenters. The molecule has 3 rings (SSSR count). The van der Waals surface area contributed by atoms with Crippen LogP contribution in [-0.2, 0) is 4.79 Å². The molecule has 1 saturated heterocycles. The van der Waals surface area contributed by atoms with E-state index in [9.17, 15) is 9.90 Å². The van der Waals surface area contributed by atoms with E-state index in [1.54, 1.807) is 30.1 Å². The number of nitrogens with zero attached hydrogens (tertiary/aromatic N) is 1. The Balaban J connectivity index is 2.00. The third-order valence-electron chi connectivity index (χ3n) is 3.78. The summed E-state index contributed by atoms with van der Waals surface area (Å²) in [6.45, 7) is 0.211. The summed E-state index contributed by atoms with van der Waals surface area (Å²) < 4.78 is 5.87. The van der Waals surface area contributed by atoms with Crippen molar-refractivity contribution in [3.63, 3.8) is 0 Å². The third-order valence-corrected chi connectivity index (χ3v) is 4.01. The van der Waals surface area contributed by atoms with Crippen LogP contribution in [0.5, 0.6) is 11.5 Å². The van der Waals surface area contributed by atoms with Crippen molar-refractivity contribution < 1.29 is 14.6 Å². The van der Waals surface area contributed by atoms with Crippen molar-refractivity contribution >= 4 is 17.4 Å². The van der Waals surface area contributed by atoms with Crippen molar-refractivity contribution in [1.82, 2.24) is 4.90 Å². The number of benzene rings is 2. The number of aliphatic hydroxyl groups excluding tert-OH is 1. The highest BCUT2D eigenvalue weighted by atomic mass is 35.5. The van der Waals surface area contributed by atoms with Crippen LogP contribution in [-0.4, -0.2) is 35.6 Å². The van der Waals surface area contributed by atoms with Gasteiger partial charge in [0.15, 0.2) is 5.78 Å². The summed E-state index contributed by atoms with van der Waals surface area (Å²) in [7, 11) is 1.71. The van der Waals surface area contributed by atoms with E-state index in [1.807, 2.05) is 30.3 Å². The van der Waals surface area contributed by atoms with Crippen LogP contribution in [0.1, 0.15) is 11.5 Å². The summed E-state index contributed by atoms with van der Waals surface area (Å²) in [5, 5.41) is 10.8. The maximum absolute atomic E-state index is 12.2. The first-order valence-electron chi connectivity index (χ1n) is 6.99. The summed E-state index contributed by atoms with van der Waals surface area (Å²) in [5.41, 5.74) is 0.609. The largest absolute Gasteiger partial charge is 0.457 e. The predicted molar refractivity (Wildman–Crippen MR) is 84.4 cm³/mol. The molecular formula is C17H16ClNO3. The van der Waals surface area contributed by atoms with Gasteiger partial charge in [0.25, 0.3) is 0 Å². The number of ketones is 1. The lowest BCUT2D eigenvalue weighted by Crippen LogP contribution is -2.28. The summed E-state index contributed by atoms with van der Waals surface area (Å²) in [4.78, 5) is 13.8. The van der Waals surface area contributed by atoms with Crippen molar-refractivity contribution in [2.24, 2.45) is 0 Å². The van der Waals surface area contributed by atoms with Gasteiger partial charge in [0.05, 0.1) is 12.5 Å². The van der Waals surface area contributed by atoms with Gasteiger partial charge in [-0.2, -0.15) is 0 Å². The van der Waals surface area contributed by atoms with Crippen molar-refractivity contribution in [2.45, 2.75) is 12.1 Å². The number of carbonyl (C=O) groups excluding carboxylic acids is 1. The molecule has 22 heavy (non-hydrogen) atoms. The maximum Gasteiger partial charge on any atom is 0.158 e. The number of hydrogen-bond donors (Lipinski definition) is 1. The minimum Gasteiger partial charge on any atom is -0.457 e. The Morgan fingerprint density at radius 3 is 2.59 bits per heavy atom. The zero-order valence-electron chi connectivity index (χ0n) is 12.1. The average Bonchev–Trinajstić information content (AvgIpc) is 2.75. The number of ether oxygens (including phenoxy) is 1. The summed E-state index contributed by atoms with van der Waals surface area (Å²) in [6.07, 6.45) is -0.871. The van der Waals surface area contributed by atoms with Crippen LogP contribution in [0.25, 0.3) is 0 Å². The van der Waals surface area contributed by atoms with E-state index in [2.05, 4.69) is 0 Å². The molecule has 2 unspecified atom stereocenters. The van der Waals surface area contributed by atoms with Crippen LogP contribution in [0.3, 0.4) is 0 Å². The molecule has 0 saturated carbocycles. The molecule has 1 N–H and O–H groups in total. The Hall–Kier alpha value is -1.88. The van der Waals surface area contributed by atoms with Gasteiger partial charge in [0, 0.05) is 10.6 Å². The fourth-order valence-corrected chi connectivity index (χ4v) is 2.84. The van der Waals surface area contributed by atoms with Gasteiger partial charge in [-0.25, -0.2) is 0 Å². The molecule has 1 aliphatic rings. The minimum absolute atomic E-state index is 0.0461. The first kappa shape index (κ1) is 15.0. The Bertz CT molecular complexity index is 690. The Kier molecular flexibility index (Phi) is 4.16. The van der Waals surface area contributed by atoms with E-state index in [-0.39, 0.29) is 12.3 Å². The van der Waals surface area contributed by atoms with E-state index in [1.165, 1.54) is 0 Å². The molecule has 0 aliphatic carbocycles. The first-order chi connectivity index (χ1) is 10.6. The van der Waals surface area contributed by atoms with Gasteiger partial charge in [-0.05, 0) is 37.4 Å². The molecule has 114 valence electrons. The topological polar surface area (TPSA) is 49.8 Å². The number of hydrogen-bond acceptors (Lipinski definition) is 4. The molecular weight excluding hydrogens is 302 g/mol. The number of carbonyl (C=O) groups is 1. The average molecular weight is 318 g/mol. The fraction of sp³-hybridized carbons (Fsp3) is 0.235. The lowest BCUT2D eigenvalue weighted by atomic mass is 9.95. The SMILES string of the molecule is CN1CC(=O)C(c2cc(Cl)ccc2Oc2ccccc2)C1O. The molecule has 0 amide bonds. The van der Waals surface area contributed by atoms with E-state index in [0.717, 1.165) is 0 Å². The third kappa shape index (κ3) is 2.86. The highest BCUT2D eigenvalue weighted by molar-refractivity contribution is 6.30. The molecule has 2 aromatic rings. The highest BCUT2D eigenvalue weighted by Crippen LogP contribution is 2.38. The summed E-state index contributed by atoms with van der Waals surface area (Å²) in [6, 6.07) is 14.4. The molecule has 1 heterocycles. The van der Waals surface area contributed by atoms with Gasteiger partial charge in [0.2, 0.25) is 0 Å². The van der Waals surface area contributed by atoms with Crippen LogP contribution in [0, 0.1) is 0 Å². The maximum atomic E-state index is 12.2. The fourth-order valence-electron chi connectivity index (χ4n) is 2.66. The van der Waals surface area contributed by atoms with E-state index < -0.39 is 12.1 Å². The second-order valence-corrected chi connectivity index (χ2v) is 5.81. The lowest BCUT2D eigenvalue weighted by molar-refractivity contribution is -0.118. The van der Waals surface area contributed by atoms with Gasteiger partial charge in [0.1, 0.15) is 17.7 Å². The Morgan fingerprint density at radius 1 is 1.23 bits per heavy atom. The van der Waals surface area contributed by atoms with Gasteiger partial charge < -0.3 is 9.84 Å². The molecule has 2 aromatic carbocycles. The minimum atomic E-state index is -0.871. The number of Topliss-reactive ketones (excluding diaryl/α,β-unsaturated/α-hetero) is 1. The van der Waals surface area contributed by atoms with Crippen molar-refractivity contribution in [1.29, 1.82) is 0 Å². The van der Waals surface area contributed by atoms with E-state index >= 15 is 0 Å². The van der Waals surface area contributed by atoms with Gasteiger partial charge in [-0.1, -0.05) is 29.8 Å². The van der Waals surface area contributed by atoms with E-state index in [0.29, 0.717) is 22.1 Å². The zero-order valence-corrected chi connectivity index (χ0v) is 12.8. The lowest BCUT2D eigenvalue weighted by Gasteiger charge is -2.20. The smallest absolute Gasteiger partial charge is 0.158 e. The number of likely N-dealkylation sites (tertiary alicyclic amines) is 1. The van der Waals surface area contributed by atoms with Gasteiger partial charge >= 0.3 is 0 Å². The molecule has 4 nitrogen and oxygen atoms in total. The summed E-state index contributed by atoms with van der Waals surface area (Å²) >= 11 is 6.07. The first-order valence-corrected chi connectivity index (χ1v) is 7.37. The molecule has 0 radical (unpaired) electrons. The number of aliphatic hydroxyl groups is 1. The van der Waals surface area contributed by atoms with E-state index in [4.69, 9.17) is 16.3 Å². The molecule has 5 heteroatoms. The predicted octanol–water partition coefficient (Wildman–Crippen LogP) is 3.05. The number of para-hydroxylation sites is 1. The zero-order chi connectivity index (χ0) is 15.7. The van der Waals surface area contributed by atoms with Crippen molar-refractivity contribution in [3.05, 3.63) is 59.1 Å². The highest BCUT2D eigenvalue weighted by Gasteiger charge is 2.40. The Morgan fingerprint density at radius 2 is 1.95 bits per heavy atom. The van der Waals surface area contributed by atoms with Gasteiger partial charge in [-0.15, -0.1) is 0 Å². The summed E-state index contributed by atoms with van der Waals surface area (Å²) in [5.74, 6) is 0.500.